The van der Waals surface area contributed by atoms with Crippen molar-refractivity contribution >= 4 is 17.4 Å². The smallest absolute Gasteiger partial charge is 0.0515 e. The minimum absolute atomic E-state index is 0.218. The number of thioether (sulfide) groups is 1. The molecule has 1 aliphatic heterocycles. The molecule has 0 saturated heterocycles. The zero-order valence-corrected chi connectivity index (χ0v) is 10.1. The Hall–Kier alpha value is -0.630. The van der Waals surface area contributed by atoms with Crippen molar-refractivity contribution in [3.05, 3.63) is 23.3 Å². The van der Waals surface area contributed by atoms with Crippen LogP contribution in [0.5, 0.6) is 0 Å². The fraction of sp³-hybridized carbons (Fsp3) is 0.500. The second kappa shape index (κ2) is 3.20. The summed E-state index contributed by atoms with van der Waals surface area (Å²) >= 11 is 1.97. The van der Waals surface area contributed by atoms with Gasteiger partial charge in [0.05, 0.1) is 5.69 Å². The summed E-state index contributed by atoms with van der Waals surface area (Å²) in [5.74, 6) is 1.14. The minimum Gasteiger partial charge on any atom is -0.378 e. The van der Waals surface area contributed by atoms with Crippen molar-refractivity contribution in [3.63, 3.8) is 0 Å². The molecule has 0 fully saturated rings. The predicted octanol–water partition coefficient (Wildman–Crippen LogP) is 3.60. The van der Waals surface area contributed by atoms with Gasteiger partial charge in [-0.3, -0.25) is 0 Å². The van der Waals surface area contributed by atoms with Crippen LogP contribution < -0.4 is 5.32 Å². The van der Waals surface area contributed by atoms with Gasteiger partial charge in [-0.25, -0.2) is 0 Å². The molecule has 1 N–H and O–H groups in total. The van der Waals surface area contributed by atoms with Gasteiger partial charge in [-0.2, -0.15) is 0 Å². The van der Waals surface area contributed by atoms with Crippen molar-refractivity contribution < 1.29 is 0 Å². The van der Waals surface area contributed by atoms with Gasteiger partial charge in [-0.15, -0.1) is 11.8 Å². The van der Waals surface area contributed by atoms with Crippen LogP contribution in [0.3, 0.4) is 0 Å². The minimum atomic E-state index is 0.218. The molecule has 1 aromatic rings. The topological polar surface area (TPSA) is 12.0 Å². The van der Waals surface area contributed by atoms with Crippen LogP contribution in [0, 0.1) is 13.8 Å². The number of nitrogens with one attached hydrogen (secondary N) is 1. The standard InChI is InChI=1S/C12H17NS/c1-8-5-6-9(2)11-10(8)13-12(3,4)7-14-11/h5-6,13H,7H2,1-4H3. The Labute approximate surface area is 90.3 Å². The molecule has 1 aliphatic rings. The molecular weight excluding hydrogens is 190 g/mol. The van der Waals surface area contributed by atoms with Gasteiger partial charge in [0, 0.05) is 16.2 Å². The molecule has 2 rings (SSSR count). The Morgan fingerprint density at radius 2 is 1.86 bits per heavy atom. The third kappa shape index (κ3) is 1.63. The third-order valence-electron chi connectivity index (χ3n) is 2.60. The Morgan fingerprint density at radius 3 is 2.57 bits per heavy atom. The van der Waals surface area contributed by atoms with Gasteiger partial charge in [0.1, 0.15) is 0 Å². The maximum Gasteiger partial charge on any atom is 0.0515 e. The van der Waals surface area contributed by atoms with E-state index >= 15 is 0 Å². The Kier molecular flexibility index (Phi) is 2.26. The number of rotatable bonds is 0. The highest BCUT2D eigenvalue weighted by molar-refractivity contribution is 7.99. The van der Waals surface area contributed by atoms with E-state index in [1.807, 2.05) is 11.8 Å². The summed E-state index contributed by atoms with van der Waals surface area (Å²) < 4.78 is 0. The van der Waals surface area contributed by atoms with Crippen LogP contribution in [0.2, 0.25) is 0 Å². The van der Waals surface area contributed by atoms with Crippen LogP contribution in [0.25, 0.3) is 0 Å². The molecule has 0 spiro atoms. The first-order chi connectivity index (χ1) is 6.49. The van der Waals surface area contributed by atoms with E-state index < -0.39 is 0 Å². The number of benzene rings is 1. The summed E-state index contributed by atoms with van der Waals surface area (Å²) in [5, 5.41) is 3.62. The van der Waals surface area contributed by atoms with Gasteiger partial charge in [0.25, 0.3) is 0 Å². The Morgan fingerprint density at radius 1 is 1.21 bits per heavy atom. The van der Waals surface area contributed by atoms with Crippen molar-refractivity contribution in [2.24, 2.45) is 0 Å². The molecule has 1 heterocycles. The van der Waals surface area contributed by atoms with Crippen molar-refractivity contribution in [1.29, 1.82) is 0 Å². The molecule has 14 heavy (non-hydrogen) atoms. The van der Waals surface area contributed by atoms with Crippen molar-refractivity contribution in [3.8, 4) is 0 Å². The van der Waals surface area contributed by atoms with Gasteiger partial charge < -0.3 is 5.32 Å². The van der Waals surface area contributed by atoms with Crippen LogP contribution in [0.1, 0.15) is 25.0 Å². The van der Waals surface area contributed by atoms with Gasteiger partial charge in [-0.05, 0) is 38.8 Å². The highest BCUT2D eigenvalue weighted by Gasteiger charge is 2.26. The summed E-state index contributed by atoms with van der Waals surface area (Å²) in [6, 6.07) is 4.41. The molecule has 0 aromatic heterocycles. The molecule has 76 valence electrons. The fourth-order valence-corrected chi connectivity index (χ4v) is 2.98. The molecular formula is C12H17NS. The summed E-state index contributed by atoms with van der Waals surface area (Å²) in [7, 11) is 0. The molecule has 0 aliphatic carbocycles. The van der Waals surface area contributed by atoms with E-state index in [9.17, 15) is 0 Å². The van der Waals surface area contributed by atoms with E-state index in [-0.39, 0.29) is 5.54 Å². The number of fused-ring (bicyclic) bond motifs is 1. The number of hydrogen-bond acceptors (Lipinski definition) is 2. The molecule has 0 saturated carbocycles. The van der Waals surface area contributed by atoms with Gasteiger partial charge in [-0.1, -0.05) is 12.1 Å². The zero-order chi connectivity index (χ0) is 10.3. The fourth-order valence-electron chi connectivity index (χ4n) is 1.75. The Bertz CT molecular complexity index is 369. The lowest BCUT2D eigenvalue weighted by Gasteiger charge is -2.35. The quantitative estimate of drug-likeness (QED) is 0.697. The van der Waals surface area contributed by atoms with E-state index in [1.54, 1.807) is 0 Å². The average Bonchev–Trinajstić information content (AvgIpc) is 2.10. The van der Waals surface area contributed by atoms with E-state index in [2.05, 4.69) is 45.1 Å². The zero-order valence-electron chi connectivity index (χ0n) is 9.27. The van der Waals surface area contributed by atoms with Gasteiger partial charge in [0.2, 0.25) is 0 Å². The summed E-state index contributed by atoms with van der Waals surface area (Å²) in [6.07, 6.45) is 0. The van der Waals surface area contributed by atoms with E-state index in [0.717, 1.165) is 5.75 Å². The van der Waals surface area contributed by atoms with Crippen LogP contribution in [-0.4, -0.2) is 11.3 Å². The largest absolute Gasteiger partial charge is 0.378 e. The van der Waals surface area contributed by atoms with Crippen LogP contribution in [-0.2, 0) is 0 Å². The highest BCUT2D eigenvalue weighted by Crippen LogP contribution is 2.40. The van der Waals surface area contributed by atoms with E-state index in [4.69, 9.17) is 0 Å². The third-order valence-corrected chi connectivity index (χ3v) is 4.28. The van der Waals surface area contributed by atoms with Crippen molar-refractivity contribution in [2.45, 2.75) is 38.1 Å². The molecule has 0 radical (unpaired) electrons. The number of anilines is 1. The highest BCUT2D eigenvalue weighted by atomic mass is 32.2. The summed E-state index contributed by atoms with van der Waals surface area (Å²) in [6.45, 7) is 8.87. The Balaban J connectivity index is 2.51. The molecule has 1 aromatic carbocycles. The monoisotopic (exact) mass is 207 g/mol. The normalized spacial score (nSPS) is 18.6. The lowest BCUT2D eigenvalue weighted by molar-refractivity contribution is 0.635. The number of hydrogen-bond donors (Lipinski definition) is 1. The average molecular weight is 207 g/mol. The molecule has 0 atom stereocenters. The van der Waals surface area contributed by atoms with Crippen LogP contribution in [0.4, 0.5) is 5.69 Å². The van der Waals surface area contributed by atoms with Crippen molar-refractivity contribution in [1.82, 2.24) is 0 Å². The second-order valence-electron chi connectivity index (χ2n) is 4.70. The van der Waals surface area contributed by atoms with Crippen LogP contribution in [0.15, 0.2) is 17.0 Å². The number of aryl methyl sites for hydroxylation is 2. The predicted molar refractivity (Wildman–Crippen MR) is 64.3 cm³/mol. The molecule has 1 nitrogen and oxygen atoms in total. The molecule has 2 heteroatoms. The first kappa shape index (κ1) is 9.91. The van der Waals surface area contributed by atoms with E-state index in [1.165, 1.54) is 21.7 Å². The maximum absolute atomic E-state index is 3.62. The lowest BCUT2D eigenvalue weighted by atomic mass is 10.0. The van der Waals surface area contributed by atoms with Gasteiger partial charge >= 0.3 is 0 Å². The second-order valence-corrected chi connectivity index (χ2v) is 5.69. The first-order valence-corrected chi connectivity index (χ1v) is 5.99. The molecule has 0 amide bonds. The summed E-state index contributed by atoms with van der Waals surface area (Å²) in [5.41, 5.74) is 4.30. The first-order valence-electron chi connectivity index (χ1n) is 5.01. The SMILES string of the molecule is Cc1ccc(C)c2c1NC(C)(C)CS2. The maximum atomic E-state index is 3.62. The van der Waals surface area contributed by atoms with Crippen molar-refractivity contribution in [2.75, 3.05) is 11.1 Å². The van der Waals surface area contributed by atoms with Gasteiger partial charge in [0.15, 0.2) is 0 Å². The van der Waals surface area contributed by atoms with E-state index in [0.29, 0.717) is 0 Å². The summed E-state index contributed by atoms with van der Waals surface area (Å²) in [4.78, 5) is 1.43. The molecule has 0 unspecified atom stereocenters. The lowest BCUT2D eigenvalue weighted by Crippen LogP contribution is -2.36. The van der Waals surface area contributed by atoms with Crippen LogP contribution >= 0.6 is 11.8 Å². The molecule has 0 bridgehead atoms.